The van der Waals surface area contributed by atoms with Gasteiger partial charge in [0, 0.05) is 23.2 Å². The van der Waals surface area contributed by atoms with E-state index in [0.717, 1.165) is 66.2 Å². The van der Waals surface area contributed by atoms with Crippen LogP contribution in [0.2, 0.25) is 5.02 Å². The summed E-state index contributed by atoms with van der Waals surface area (Å²) < 4.78 is 14.8. The average Bonchev–Trinajstić information content (AvgIpc) is 3.37. The van der Waals surface area contributed by atoms with Gasteiger partial charge in [0.2, 0.25) is 0 Å². The molecule has 41 heavy (non-hydrogen) atoms. The lowest BCUT2D eigenvalue weighted by Gasteiger charge is -2.34. The first-order chi connectivity index (χ1) is 20.0. The van der Waals surface area contributed by atoms with E-state index in [1.807, 2.05) is 48.5 Å². The molecule has 1 aromatic heterocycles. The van der Waals surface area contributed by atoms with Crippen LogP contribution >= 0.6 is 11.6 Å². The number of carboxylic acids is 1. The summed E-state index contributed by atoms with van der Waals surface area (Å²) in [5.41, 5.74) is 4.19. The number of ether oxygens (including phenoxy) is 2. The van der Waals surface area contributed by atoms with Crippen molar-refractivity contribution >= 4 is 23.6 Å². The zero-order valence-electron chi connectivity index (χ0n) is 22.7. The number of carboxylic acid groups (broad SMARTS) is 1. The third kappa shape index (κ3) is 6.32. The molecule has 0 saturated carbocycles. The van der Waals surface area contributed by atoms with Gasteiger partial charge in [0.15, 0.2) is 17.6 Å². The molecule has 0 bridgehead atoms. The number of para-hydroxylation sites is 1. The van der Waals surface area contributed by atoms with Crippen LogP contribution in [-0.4, -0.2) is 45.2 Å². The van der Waals surface area contributed by atoms with Crippen LogP contribution in [-0.2, 0) is 17.9 Å². The quantitative estimate of drug-likeness (QED) is 0.242. The van der Waals surface area contributed by atoms with Gasteiger partial charge in [-0.1, -0.05) is 66.2 Å². The molecule has 3 heterocycles. The Morgan fingerprint density at radius 2 is 1.78 bits per heavy atom. The van der Waals surface area contributed by atoms with Gasteiger partial charge < -0.3 is 19.1 Å². The van der Waals surface area contributed by atoms with E-state index in [4.69, 9.17) is 26.2 Å². The Kier molecular flexibility index (Phi) is 8.07. The van der Waals surface area contributed by atoms with Crippen molar-refractivity contribution in [2.24, 2.45) is 0 Å². The van der Waals surface area contributed by atoms with Gasteiger partial charge in [-0.25, -0.2) is 9.78 Å². The Labute approximate surface area is 244 Å². The van der Waals surface area contributed by atoms with Gasteiger partial charge in [-0.3, -0.25) is 4.90 Å². The maximum absolute atomic E-state index is 11.1. The molecule has 0 amide bonds. The van der Waals surface area contributed by atoms with E-state index in [1.54, 1.807) is 12.3 Å². The molecule has 0 aliphatic carbocycles. The third-order valence-electron chi connectivity index (χ3n) is 7.84. The third-order valence-corrected chi connectivity index (χ3v) is 8.09. The zero-order chi connectivity index (χ0) is 28.2. The van der Waals surface area contributed by atoms with Crippen molar-refractivity contribution in [2.75, 3.05) is 19.7 Å². The highest BCUT2D eigenvalue weighted by Gasteiger charge is 2.29. The summed E-state index contributed by atoms with van der Waals surface area (Å²) in [7, 11) is 0. The van der Waals surface area contributed by atoms with Crippen molar-refractivity contribution in [1.29, 1.82) is 0 Å². The molecule has 2 aliphatic heterocycles. The normalized spacial score (nSPS) is 17.6. The van der Waals surface area contributed by atoms with Crippen LogP contribution in [0.25, 0.3) is 6.08 Å². The number of carbonyl (C=O) groups is 1. The number of hydrogen-bond donors (Lipinski definition) is 1. The number of benzene rings is 3. The average molecular weight is 570 g/mol. The Balaban J connectivity index is 1.13. The van der Waals surface area contributed by atoms with E-state index in [0.29, 0.717) is 30.6 Å². The van der Waals surface area contributed by atoms with Crippen LogP contribution in [0.15, 0.2) is 85.1 Å². The van der Waals surface area contributed by atoms with Crippen molar-refractivity contribution in [2.45, 2.75) is 38.0 Å². The second kappa shape index (κ2) is 12.2. The van der Waals surface area contributed by atoms with Crippen LogP contribution < -0.4 is 9.47 Å². The summed E-state index contributed by atoms with van der Waals surface area (Å²) in [6.45, 7) is 3.67. The Morgan fingerprint density at radius 1 is 1.00 bits per heavy atom. The highest BCUT2D eigenvalue weighted by molar-refractivity contribution is 6.30. The number of aromatic nitrogens is 2. The molecule has 0 spiro atoms. The largest absolute Gasteiger partial charge is 0.485 e. The molecule has 8 heteroatoms. The fourth-order valence-corrected chi connectivity index (χ4v) is 5.81. The first-order valence-corrected chi connectivity index (χ1v) is 14.3. The zero-order valence-corrected chi connectivity index (χ0v) is 23.4. The number of piperidine rings is 1. The summed E-state index contributed by atoms with van der Waals surface area (Å²) in [4.78, 5) is 18.3. The number of likely N-dealkylation sites (tertiary alicyclic amines) is 1. The molecule has 3 aromatic carbocycles. The predicted molar refractivity (Wildman–Crippen MR) is 158 cm³/mol. The van der Waals surface area contributed by atoms with Crippen molar-refractivity contribution < 1.29 is 19.4 Å². The Hall–Kier alpha value is -4.07. The highest BCUT2D eigenvalue weighted by atomic mass is 35.5. The van der Waals surface area contributed by atoms with Gasteiger partial charge in [0.1, 0.15) is 12.4 Å². The van der Waals surface area contributed by atoms with E-state index >= 15 is 0 Å². The van der Waals surface area contributed by atoms with Crippen molar-refractivity contribution in [3.63, 3.8) is 0 Å². The van der Waals surface area contributed by atoms with Gasteiger partial charge >= 0.3 is 5.97 Å². The first kappa shape index (κ1) is 27.1. The molecule has 1 atom stereocenters. The predicted octanol–water partition coefficient (Wildman–Crippen LogP) is 6.57. The van der Waals surface area contributed by atoms with Crippen LogP contribution in [0.3, 0.4) is 0 Å². The van der Waals surface area contributed by atoms with Crippen molar-refractivity contribution in [3.8, 4) is 11.5 Å². The number of hydrogen-bond acceptors (Lipinski definition) is 5. The summed E-state index contributed by atoms with van der Waals surface area (Å²) in [5, 5.41) is 9.85. The molecule has 2 aliphatic rings. The standard InChI is InChI=1S/C33H32ClN3O4/c34-26-11-9-25(10-12-26)30-22-40-33-28(7-4-8-29(33)41-30)24-15-17-36(18-16-24)21-31-35-19-27(13-14-32(38)39)37(31)20-23-5-2-1-3-6-23/h1-14,19,24,30H,15-18,20-22H2,(H,38,39)/b14-13+. The summed E-state index contributed by atoms with van der Waals surface area (Å²) >= 11 is 6.06. The lowest BCUT2D eigenvalue weighted by atomic mass is 9.88. The van der Waals surface area contributed by atoms with Gasteiger partial charge in [-0.2, -0.15) is 0 Å². The number of halogens is 1. The van der Waals surface area contributed by atoms with Crippen LogP contribution in [0, 0.1) is 0 Å². The molecule has 1 fully saturated rings. The van der Waals surface area contributed by atoms with E-state index in [-0.39, 0.29) is 6.10 Å². The lowest BCUT2D eigenvalue weighted by molar-refractivity contribution is -0.131. The molecule has 6 rings (SSSR count). The number of fused-ring (bicyclic) bond motifs is 1. The van der Waals surface area contributed by atoms with E-state index in [9.17, 15) is 4.79 Å². The van der Waals surface area contributed by atoms with Crippen molar-refractivity contribution in [1.82, 2.24) is 14.5 Å². The lowest BCUT2D eigenvalue weighted by Crippen LogP contribution is -2.34. The molecular weight excluding hydrogens is 538 g/mol. The molecule has 1 N–H and O–H groups in total. The first-order valence-electron chi connectivity index (χ1n) is 13.9. The van der Waals surface area contributed by atoms with Crippen molar-refractivity contribution in [3.05, 3.63) is 118 Å². The molecule has 1 saturated heterocycles. The molecule has 1 unspecified atom stereocenters. The fraction of sp³-hybridized carbons (Fsp3) is 0.273. The Bertz CT molecular complexity index is 1530. The topological polar surface area (TPSA) is 76.8 Å². The summed E-state index contributed by atoms with van der Waals surface area (Å²) in [5.74, 6) is 2.00. The van der Waals surface area contributed by atoms with Gasteiger partial charge in [0.05, 0.1) is 18.4 Å². The van der Waals surface area contributed by atoms with Crippen LogP contribution in [0.1, 0.15) is 53.1 Å². The molecule has 7 nitrogen and oxygen atoms in total. The minimum atomic E-state index is -0.973. The van der Waals surface area contributed by atoms with Gasteiger partial charge in [0.25, 0.3) is 0 Å². The highest BCUT2D eigenvalue weighted by Crippen LogP contribution is 2.44. The maximum Gasteiger partial charge on any atom is 0.328 e. The van der Waals surface area contributed by atoms with Gasteiger partial charge in [-0.05, 0) is 67.3 Å². The fourth-order valence-electron chi connectivity index (χ4n) is 5.69. The van der Waals surface area contributed by atoms with E-state index < -0.39 is 5.97 Å². The molecule has 210 valence electrons. The second-order valence-corrected chi connectivity index (χ2v) is 11.0. The number of rotatable bonds is 8. The minimum absolute atomic E-state index is 0.160. The van der Waals surface area contributed by atoms with Crippen LogP contribution in [0.5, 0.6) is 11.5 Å². The summed E-state index contributed by atoms with van der Waals surface area (Å²) in [6, 6.07) is 24.1. The molecular formula is C33H32ClN3O4. The van der Waals surface area contributed by atoms with Gasteiger partial charge in [-0.15, -0.1) is 0 Å². The monoisotopic (exact) mass is 569 g/mol. The molecule has 4 aromatic rings. The minimum Gasteiger partial charge on any atom is -0.485 e. The Morgan fingerprint density at radius 3 is 2.54 bits per heavy atom. The number of imidazole rings is 1. The van der Waals surface area contributed by atoms with E-state index in [1.165, 1.54) is 5.56 Å². The van der Waals surface area contributed by atoms with Crippen LogP contribution in [0.4, 0.5) is 0 Å². The number of aliphatic carboxylic acids is 1. The second-order valence-electron chi connectivity index (χ2n) is 10.5. The SMILES string of the molecule is O=C(O)/C=C/c1cnc(CN2CCC(c3cccc4c3OCC(c3ccc(Cl)cc3)O4)CC2)n1Cc1ccccc1. The maximum atomic E-state index is 11.1. The smallest absolute Gasteiger partial charge is 0.328 e. The molecule has 0 radical (unpaired) electrons. The van der Waals surface area contributed by atoms with E-state index in [2.05, 4.69) is 38.7 Å². The summed E-state index contributed by atoms with van der Waals surface area (Å²) in [6.07, 6.45) is 6.39. The number of nitrogens with zero attached hydrogens (tertiary/aromatic N) is 3.